The molecule has 0 bridgehead atoms. The lowest BCUT2D eigenvalue weighted by atomic mass is 10.2. The zero-order valence-corrected chi connectivity index (χ0v) is 12.3. The number of alkyl halides is 4. The van der Waals surface area contributed by atoms with Crippen LogP contribution in [-0.4, -0.2) is 34.8 Å². The van der Waals surface area contributed by atoms with Gasteiger partial charge in [-0.1, -0.05) is 6.07 Å². The van der Waals surface area contributed by atoms with Crippen LogP contribution in [0.25, 0.3) is 0 Å². The third-order valence-corrected chi connectivity index (χ3v) is 2.92. The van der Waals surface area contributed by atoms with Gasteiger partial charge in [0.2, 0.25) is 5.88 Å². The number of hydrogen-bond acceptors (Lipinski definition) is 4. The van der Waals surface area contributed by atoms with E-state index in [1.165, 1.54) is 30.7 Å². The Bertz CT molecular complexity index is 666. The first kappa shape index (κ1) is 17.6. The molecule has 0 saturated carbocycles. The van der Waals surface area contributed by atoms with E-state index in [9.17, 15) is 22.4 Å². The first-order chi connectivity index (χ1) is 11.4. The molecule has 1 N–H and O–H groups in total. The van der Waals surface area contributed by atoms with Gasteiger partial charge in [-0.2, -0.15) is 8.78 Å². The third-order valence-electron chi connectivity index (χ3n) is 2.92. The van der Waals surface area contributed by atoms with Crippen LogP contribution in [0.15, 0.2) is 42.9 Å². The number of aromatic nitrogens is 2. The Morgan fingerprint density at radius 2 is 1.92 bits per heavy atom. The Kier molecular flexibility index (Phi) is 5.67. The average molecular weight is 343 g/mol. The van der Waals surface area contributed by atoms with Crippen LogP contribution >= 0.6 is 0 Å². The lowest BCUT2D eigenvalue weighted by molar-refractivity contribution is -0.148. The fourth-order valence-electron chi connectivity index (χ4n) is 1.62. The van der Waals surface area contributed by atoms with E-state index in [1.807, 2.05) is 0 Å². The maximum absolute atomic E-state index is 12.7. The number of rotatable bonds is 7. The van der Waals surface area contributed by atoms with Crippen molar-refractivity contribution in [3.63, 3.8) is 0 Å². The van der Waals surface area contributed by atoms with Gasteiger partial charge in [-0.25, -0.2) is 13.8 Å². The first-order valence-electron chi connectivity index (χ1n) is 6.80. The van der Waals surface area contributed by atoms with Gasteiger partial charge in [0, 0.05) is 36.8 Å². The highest BCUT2D eigenvalue weighted by Gasteiger charge is 2.41. The molecule has 5 nitrogen and oxygen atoms in total. The van der Waals surface area contributed by atoms with Crippen molar-refractivity contribution in [1.29, 1.82) is 0 Å². The molecule has 9 heteroatoms. The normalized spacial score (nSPS) is 11.4. The lowest BCUT2D eigenvalue weighted by Crippen LogP contribution is -2.33. The minimum atomic E-state index is -4.24. The summed E-state index contributed by atoms with van der Waals surface area (Å²) in [5.74, 6) is -4.76. The number of carbonyl (C=O) groups excluding carboxylic acids is 1. The number of nitrogens with zero attached hydrogens (tertiary/aromatic N) is 2. The maximum atomic E-state index is 12.7. The second-order valence-corrected chi connectivity index (χ2v) is 4.77. The minimum Gasteiger partial charge on any atom is -0.471 e. The summed E-state index contributed by atoms with van der Waals surface area (Å²) in [6, 6.07) is 5.84. The fraction of sp³-hybridized carbons (Fsp3) is 0.267. The zero-order chi connectivity index (χ0) is 17.6. The van der Waals surface area contributed by atoms with Crippen LogP contribution in [0.5, 0.6) is 5.88 Å². The van der Waals surface area contributed by atoms with Gasteiger partial charge in [-0.3, -0.25) is 9.78 Å². The van der Waals surface area contributed by atoms with E-state index in [2.05, 4.69) is 20.0 Å². The predicted molar refractivity (Wildman–Crippen MR) is 76.1 cm³/mol. The second kappa shape index (κ2) is 7.71. The standard InChI is InChI=1S/C15H13F4N3O2/c16-14(17)15(18,19)9-24-12-2-1-10(7-21-12)8-22-13(23)11-3-5-20-6-4-11/h1-7,14H,8-9H2,(H,22,23). The number of carbonyl (C=O) groups is 1. The number of ether oxygens (including phenoxy) is 1. The topological polar surface area (TPSA) is 64.1 Å². The summed E-state index contributed by atoms with van der Waals surface area (Å²) in [5, 5.41) is 2.64. The highest BCUT2D eigenvalue weighted by Crippen LogP contribution is 2.23. The maximum Gasteiger partial charge on any atom is 0.340 e. The molecule has 128 valence electrons. The summed E-state index contributed by atoms with van der Waals surface area (Å²) in [5.41, 5.74) is 1.03. The van der Waals surface area contributed by atoms with Crippen molar-refractivity contribution in [2.45, 2.75) is 18.9 Å². The Hall–Kier alpha value is -2.71. The van der Waals surface area contributed by atoms with Gasteiger partial charge in [0.05, 0.1) is 0 Å². The molecule has 0 spiro atoms. The molecule has 2 rings (SSSR count). The second-order valence-electron chi connectivity index (χ2n) is 4.77. The average Bonchev–Trinajstić information content (AvgIpc) is 2.59. The van der Waals surface area contributed by atoms with Gasteiger partial charge in [0.25, 0.3) is 5.91 Å². The van der Waals surface area contributed by atoms with Crippen molar-refractivity contribution in [1.82, 2.24) is 15.3 Å². The van der Waals surface area contributed by atoms with Gasteiger partial charge in [-0.05, 0) is 17.7 Å². The number of amides is 1. The van der Waals surface area contributed by atoms with Crippen LogP contribution < -0.4 is 10.1 Å². The first-order valence-corrected chi connectivity index (χ1v) is 6.80. The quantitative estimate of drug-likeness (QED) is 0.785. The highest BCUT2D eigenvalue weighted by atomic mass is 19.3. The number of halogens is 4. The molecule has 2 aromatic rings. The molecule has 0 aliphatic carbocycles. The Balaban J connectivity index is 1.85. The largest absolute Gasteiger partial charge is 0.471 e. The van der Waals surface area contributed by atoms with Crippen molar-refractivity contribution >= 4 is 5.91 Å². The summed E-state index contributed by atoms with van der Waals surface area (Å²) in [6.07, 6.45) is 0.457. The van der Waals surface area contributed by atoms with Crippen LogP contribution in [0.2, 0.25) is 0 Å². The summed E-state index contributed by atoms with van der Waals surface area (Å²) in [4.78, 5) is 19.4. The summed E-state index contributed by atoms with van der Waals surface area (Å²) < 4.78 is 54.0. The molecule has 0 aliphatic rings. The van der Waals surface area contributed by atoms with E-state index in [1.54, 1.807) is 12.1 Å². The minimum absolute atomic E-state index is 0.154. The van der Waals surface area contributed by atoms with Crippen LogP contribution in [0.3, 0.4) is 0 Å². The van der Waals surface area contributed by atoms with Crippen molar-refractivity contribution in [3.05, 3.63) is 54.0 Å². The van der Waals surface area contributed by atoms with E-state index in [0.29, 0.717) is 11.1 Å². The van der Waals surface area contributed by atoms with E-state index < -0.39 is 19.0 Å². The van der Waals surface area contributed by atoms with Crippen LogP contribution in [-0.2, 0) is 6.54 Å². The fourth-order valence-corrected chi connectivity index (χ4v) is 1.62. The summed E-state index contributed by atoms with van der Waals surface area (Å²) >= 11 is 0. The van der Waals surface area contributed by atoms with Crippen LogP contribution in [0.4, 0.5) is 17.6 Å². The number of pyridine rings is 2. The van der Waals surface area contributed by atoms with Crippen molar-refractivity contribution < 1.29 is 27.1 Å². The third kappa shape index (κ3) is 4.90. The molecule has 2 aromatic heterocycles. The molecule has 0 radical (unpaired) electrons. The molecule has 1 amide bonds. The monoisotopic (exact) mass is 343 g/mol. The van der Waals surface area contributed by atoms with Crippen LogP contribution in [0, 0.1) is 0 Å². The molecule has 0 unspecified atom stereocenters. The van der Waals surface area contributed by atoms with E-state index in [0.717, 1.165) is 0 Å². The van der Waals surface area contributed by atoms with Crippen molar-refractivity contribution in [2.75, 3.05) is 6.61 Å². The van der Waals surface area contributed by atoms with Crippen LogP contribution in [0.1, 0.15) is 15.9 Å². The summed E-state index contributed by atoms with van der Waals surface area (Å²) in [7, 11) is 0. The van der Waals surface area contributed by atoms with Crippen molar-refractivity contribution in [2.24, 2.45) is 0 Å². The van der Waals surface area contributed by atoms with Gasteiger partial charge in [-0.15, -0.1) is 0 Å². The molecule has 0 fully saturated rings. The Morgan fingerprint density at radius 1 is 1.21 bits per heavy atom. The Morgan fingerprint density at radius 3 is 2.50 bits per heavy atom. The van der Waals surface area contributed by atoms with E-state index in [-0.39, 0.29) is 18.3 Å². The van der Waals surface area contributed by atoms with E-state index >= 15 is 0 Å². The zero-order valence-electron chi connectivity index (χ0n) is 12.3. The Labute approximate surface area is 134 Å². The van der Waals surface area contributed by atoms with Gasteiger partial charge >= 0.3 is 12.3 Å². The van der Waals surface area contributed by atoms with E-state index in [4.69, 9.17) is 0 Å². The van der Waals surface area contributed by atoms with Crippen molar-refractivity contribution in [3.8, 4) is 5.88 Å². The molecule has 0 aromatic carbocycles. The molecule has 0 saturated heterocycles. The lowest BCUT2D eigenvalue weighted by Gasteiger charge is -2.15. The molecule has 24 heavy (non-hydrogen) atoms. The van der Waals surface area contributed by atoms with Gasteiger partial charge in [0.15, 0.2) is 6.61 Å². The highest BCUT2D eigenvalue weighted by molar-refractivity contribution is 5.93. The molecular weight excluding hydrogens is 330 g/mol. The number of nitrogens with one attached hydrogen (secondary N) is 1. The predicted octanol–water partition coefficient (Wildman–Crippen LogP) is 2.69. The SMILES string of the molecule is O=C(NCc1ccc(OCC(F)(F)C(F)F)nc1)c1ccncc1. The van der Waals surface area contributed by atoms with Gasteiger partial charge < -0.3 is 10.1 Å². The molecule has 0 aliphatic heterocycles. The van der Waals surface area contributed by atoms with Gasteiger partial charge in [0.1, 0.15) is 0 Å². The molecule has 0 atom stereocenters. The summed E-state index contributed by atoms with van der Waals surface area (Å²) in [6.45, 7) is -1.31. The number of hydrogen-bond donors (Lipinski definition) is 1. The molecule has 2 heterocycles. The smallest absolute Gasteiger partial charge is 0.340 e. The molecular formula is C15H13F4N3O2.